The van der Waals surface area contributed by atoms with Crippen molar-refractivity contribution in [3.05, 3.63) is 84.3 Å². The molecule has 1 atom stereocenters. The molecule has 7 heteroatoms. The van der Waals surface area contributed by atoms with Crippen LogP contribution >= 0.6 is 0 Å². The van der Waals surface area contributed by atoms with E-state index in [0.717, 1.165) is 23.4 Å². The van der Waals surface area contributed by atoms with Crippen LogP contribution in [0.15, 0.2) is 67.3 Å². The third kappa shape index (κ3) is 6.99. The number of aliphatic hydroxyl groups is 1. The van der Waals surface area contributed by atoms with Crippen LogP contribution in [0.5, 0.6) is 11.6 Å². The van der Waals surface area contributed by atoms with Crippen molar-refractivity contribution >= 4 is 0 Å². The predicted octanol–water partition coefficient (Wildman–Crippen LogP) is 4.89. The van der Waals surface area contributed by atoms with Gasteiger partial charge in [-0.3, -0.25) is 4.90 Å². The molecule has 0 aliphatic carbocycles. The second kappa shape index (κ2) is 12.3. The predicted molar refractivity (Wildman–Crippen MR) is 127 cm³/mol. The lowest BCUT2D eigenvalue weighted by molar-refractivity contribution is 0.0804. The third-order valence-electron chi connectivity index (χ3n) is 5.31. The lowest BCUT2D eigenvalue weighted by Gasteiger charge is -2.25. The van der Waals surface area contributed by atoms with Crippen molar-refractivity contribution in [2.45, 2.75) is 32.4 Å². The smallest absolute Gasteiger partial charge is 0.227 e. The van der Waals surface area contributed by atoms with Gasteiger partial charge in [0, 0.05) is 32.8 Å². The lowest BCUT2D eigenvalue weighted by atomic mass is 10.1. The van der Waals surface area contributed by atoms with Crippen LogP contribution in [-0.4, -0.2) is 52.7 Å². The van der Waals surface area contributed by atoms with Crippen LogP contribution in [-0.2, 0) is 11.3 Å². The van der Waals surface area contributed by atoms with Gasteiger partial charge in [-0.2, -0.15) is 5.10 Å². The Balaban J connectivity index is 1.96. The zero-order valence-corrected chi connectivity index (χ0v) is 19.3. The summed E-state index contributed by atoms with van der Waals surface area (Å²) in [5.41, 5.74) is 2.51. The number of hydrogen-bond donors (Lipinski definition) is 1. The number of aromatic nitrogens is 2. The number of rotatable bonds is 13. The molecule has 176 valence electrons. The van der Waals surface area contributed by atoms with Gasteiger partial charge in [0.05, 0.1) is 29.7 Å². The molecular weight excluding hydrogens is 421 g/mol. The van der Waals surface area contributed by atoms with Crippen molar-refractivity contribution in [2.75, 3.05) is 26.8 Å². The Kier molecular flexibility index (Phi) is 9.18. The molecule has 0 saturated carbocycles. The van der Waals surface area contributed by atoms with Crippen molar-refractivity contribution in [3.63, 3.8) is 0 Å². The Hall–Kier alpha value is -3.00. The largest absolute Gasteiger partial charge is 0.438 e. The number of methoxy groups -OCH3 is 1. The van der Waals surface area contributed by atoms with Crippen LogP contribution in [0.2, 0.25) is 0 Å². The van der Waals surface area contributed by atoms with Crippen LogP contribution in [0.4, 0.5) is 4.39 Å². The third-order valence-corrected chi connectivity index (χ3v) is 5.31. The number of hydrogen-bond acceptors (Lipinski definition) is 5. The van der Waals surface area contributed by atoms with Crippen LogP contribution in [0.1, 0.15) is 24.1 Å². The molecular formula is C26H32FN3O3. The van der Waals surface area contributed by atoms with E-state index in [1.165, 1.54) is 12.1 Å². The van der Waals surface area contributed by atoms with Gasteiger partial charge in [-0.05, 0) is 44.0 Å². The van der Waals surface area contributed by atoms with Gasteiger partial charge in [-0.25, -0.2) is 9.07 Å². The van der Waals surface area contributed by atoms with E-state index in [1.807, 2.05) is 43.3 Å². The number of aliphatic hydroxyl groups excluding tert-OH is 1. The highest BCUT2D eigenvalue weighted by Gasteiger charge is 2.22. The summed E-state index contributed by atoms with van der Waals surface area (Å²) < 4.78 is 27.1. The molecule has 1 aromatic heterocycles. The standard InChI is InChI=1S/C26H32FN3O3/c1-4-5-13-23(31)18-29(15-16-32-3)19-25-20(2)28-30(22-11-7-6-8-12-22)26(25)33-24-14-9-10-21(27)17-24/h4,6-12,14,17,23,31H,1,5,13,15-16,18-19H2,2-3H3/t23-/m0/s1. The van der Waals surface area contributed by atoms with Gasteiger partial charge in [0.15, 0.2) is 0 Å². The van der Waals surface area contributed by atoms with Gasteiger partial charge in [0.1, 0.15) is 11.6 Å². The Morgan fingerprint density at radius 1 is 1.21 bits per heavy atom. The molecule has 1 heterocycles. The number of nitrogens with zero attached hydrogens (tertiary/aromatic N) is 3. The fraction of sp³-hybridized carbons (Fsp3) is 0.346. The Morgan fingerprint density at radius 2 is 2.00 bits per heavy atom. The van der Waals surface area contributed by atoms with Gasteiger partial charge >= 0.3 is 0 Å². The van der Waals surface area contributed by atoms with E-state index in [1.54, 1.807) is 23.9 Å². The molecule has 0 bridgehead atoms. The van der Waals surface area contributed by atoms with E-state index in [0.29, 0.717) is 44.3 Å². The molecule has 3 aromatic rings. The molecule has 0 saturated heterocycles. The second-order valence-corrected chi connectivity index (χ2v) is 7.92. The molecule has 0 fully saturated rings. The number of halogens is 1. The summed E-state index contributed by atoms with van der Waals surface area (Å²) in [6.45, 7) is 7.80. The van der Waals surface area contributed by atoms with Crippen LogP contribution in [0, 0.1) is 12.7 Å². The first-order chi connectivity index (χ1) is 16.0. The Morgan fingerprint density at radius 3 is 2.70 bits per heavy atom. The van der Waals surface area contributed by atoms with E-state index >= 15 is 0 Å². The zero-order chi connectivity index (χ0) is 23.6. The SMILES string of the molecule is C=CCC[C@H](O)CN(CCOC)Cc1c(C)nn(-c2ccccc2)c1Oc1cccc(F)c1. The van der Waals surface area contributed by atoms with E-state index in [4.69, 9.17) is 14.6 Å². The summed E-state index contributed by atoms with van der Waals surface area (Å²) in [4.78, 5) is 2.12. The van der Waals surface area contributed by atoms with Crippen LogP contribution in [0.3, 0.4) is 0 Å². The molecule has 6 nitrogen and oxygen atoms in total. The quantitative estimate of drug-likeness (QED) is 0.374. The molecule has 0 amide bonds. The first-order valence-electron chi connectivity index (χ1n) is 11.1. The molecule has 1 N–H and O–H groups in total. The van der Waals surface area contributed by atoms with Crippen molar-refractivity contribution in [1.29, 1.82) is 0 Å². The van der Waals surface area contributed by atoms with Crippen molar-refractivity contribution < 1.29 is 19.0 Å². The highest BCUT2D eigenvalue weighted by Crippen LogP contribution is 2.32. The molecule has 2 aromatic carbocycles. The number of allylic oxidation sites excluding steroid dienone is 1. The minimum Gasteiger partial charge on any atom is -0.438 e. The average Bonchev–Trinajstić information content (AvgIpc) is 3.11. The number of para-hydroxylation sites is 1. The summed E-state index contributed by atoms with van der Waals surface area (Å²) in [6, 6.07) is 15.7. The maximum absolute atomic E-state index is 13.8. The second-order valence-electron chi connectivity index (χ2n) is 7.92. The van der Waals surface area contributed by atoms with E-state index in [-0.39, 0.29) is 5.82 Å². The summed E-state index contributed by atoms with van der Waals surface area (Å²) in [5, 5.41) is 15.2. The molecule has 0 aliphatic heterocycles. The van der Waals surface area contributed by atoms with Crippen molar-refractivity contribution in [2.24, 2.45) is 0 Å². The van der Waals surface area contributed by atoms with Gasteiger partial charge in [-0.15, -0.1) is 6.58 Å². The van der Waals surface area contributed by atoms with E-state index < -0.39 is 6.10 Å². The first-order valence-corrected chi connectivity index (χ1v) is 11.1. The van der Waals surface area contributed by atoms with Crippen molar-refractivity contribution in [1.82, 2.24) is 14.7 Å². The Bertz CT molecular complexity index is 1020. The van der Waals surface area contributed by atoms with Crippen LogP contribution < -0.4 is 4.74 Å². The number of benzene rings is 2. The first kappa shape index (κ1) is 24.6. The number of aryl methyl sites for hydroxylation is 1. The summed E-state index contributed by atoms with van der Waals surface area (Å²) in [6.07, 6.45) is 2.71. The number of ether oxygens (including phenoxy) is 2. The molecule has 0 unspecified atom stereocenters. The fourth-order valence-electron chi connectivity index (χ4n) is 3.59. The zero-order valence-electron chi connectivity index (χ0n) is 19.3. The van der Waals surface area contributed by atoms with E-state index in [2.05, 4.69) is 11.5 Å². The summed E-state index contributed by atoms with van der Waals surface area (Å²) in [7, 11) is 1.66. The summed E-state index contributed by atoms with van der Waals surface area (Å²) >= 11 is 0. The fourth-order valence-corrected chi connectivity index (χ4v) is 3.59. The Labute approximate surface area is 194 Å². The molecule has 0 aliphatic rings. The van der Waals surface area contributed by atoms with E-state index in [9.17, 15) is 9.50 Å². The molecule has 0 spiro atoms. The average molecular weight is 454 g/mol. The van der Waals surface area contributed by atoms with Gasteiger partial charge in [-0.1, -0.05) is 30.3 Å². The summed E-state index contributed by atoms with van der Waals surface area (Å²) in [5.74, 6) is 0.540. The highest BCUT2D eigenvalue weighted by atomic mass is 19.1. The topological polar surface area (TPSA) is 59.8 Å². The van der Waals surface area contributed by atoms with Gasteiger partial charge in [0.2, 0.25) is 5.88 Å². The highest BCUT2D eigenvalue weighted by molar-refractivity contribution is 5.43. The minimum atomic E-state index is -0.489. The van der Waals surface area contributed by atoms with Crippen LogP contribution in [0.25, 0.3) is 5.69 Å². The lowest BCUT2D eigenvalue weighted by Crippen LogP contribution is -2.34. The molecule has 0 radical (unpaired) electrons. The molecule has 3 rings (SSSR count). The normalized spacial score (nSPS) is 12.2. The maximum Gasteiger partial charge on any atom is 0.227 e. The molecule has 33 heavy (non-hydrogen) atoms. The van der Waals surface area contributed by atoms with Gasteiger partial charge in [0.25, 0.3) is 0 Å². The minimum absolute atomic E-state index is 0.372. The maximum atomic E-state index is 13.8. The van der Waals surface area contributed by atoms with Crippen molar-refractivity contribution in [3.8, 4) is 17.3 Å². The van der Waals surface area contributed by atoms with Gasteiger partial charge < -0.3 is 14.6 Å². The monoisotopic (exact) mass is 453 g/mol.